The summed E-state index contributed by atoms with van der Waals surface area (Å²) >= 11 is 0. The van der Waals surface area contributed by atoms with Crippen molar-refractivity contribution in [2.24, 2.45) is 5.73 Å². The summed E-state index contributed by atoms with van der Waals surface area (Å²) < 4.78 is 5.24. The molecule has 0 unspecified atom stereocenters. The van der Waals surface area contributed by atoms with Crippen molar-refractivity contribution in [2.75, 3.05) is 7.11 Å². The Labute approximate surface area is 104 Å². The second-order valence-corrected chi connectivity index (χ2v) is 4.40. The SMILES string of the molecule is COc1cccc([C@@H]2CCC[C@H](N)C2)c1.Cl. The maximum atomic E-state index is 6.00. The highest BCUT2D eigenvalue weighted by Gasteiger charge is 2.20. The van der Waals surface area contributed by atoms with Gasteiger partial charge in [-0.15, -0.1) is 12.4 Å². The van der Waals surface area contributed by atoms with Gasteiger partial charge in [0.1, 0.15) is 5.75 Å². The van der Waals surface area contributed by atoms with Crippen LogP contribution in [0.3, 0.4) is 0 Å². The largest absolute Gasteiger partial charge is 0.497 e. The molecule has 16 heavy (non-hydrogen) atoms. The predicted octanol–water partition coefficient (Wildman–Crippen LogP) is 3.10. The number of hydrogen-bond acceptors (Lipinski definition) is 2. The van der Waals surface area contributed by atoms with Gasteiger partial charge in [-0.05, 0) is 42.9 Å². The van der Waals surface area contributed by atoms with Crippen LogP contribution in [0.2, 0.25) is 0 Å². The van der Waals surface area contributed by atoms with Gasteiger partial charge < -0.3 is 10.5 Å². The Balaban J connectivity index is 0.00000128. The molecule has 2 nitrogen and oxygen atoms in total. The van der Waals surface area contributed by atoms with E-state index in [1.807, 2.05) is 6.07 Å². The van der Waals surface area contributed by atoms with E-state index in [-0.39, 0.29) is 12.4 Å². The first kappa shape index (κ1) is 13.3. The fraction of sp³-hybridized carbons (Fsp3) is 0.538. The van der Waals surface area contributed by atoms with Crippen LogP contribution in [0.15, 0.2) is 24.3 Å². The summed E-state index contributed by atoms with van der Waals surface area (Å²) in [4.78, 5) is 0. The molecule has 0 aliphatic heterocycles. The van der Waals surface area contributed by atoms with Gasteiger partial charge in [-0.2, -0.15) is 0 Å². The molecule has 2 atom stereocenters. The molecule has 1 fully saturated rings. The molecule has 0 aromatic heterocycles. The normalized spacial score (nSPS) is 24.6. The molecular formula is C13H20ClNO. The highest BCUT2D eigenvalue weighted by atomic mass is 35.5. The summed E-state index contributed by atoms with van der Waals surface area (Å²) in [7, 11) is 1.71. The van der Waals surface area contributed by atoms with Crippen molar-refractivity contribution in [3.63, 3.8) is 0 Å². The first-order chi connectivity index (χ1) is 7.29. The monoisotopic (exact) mass is 241 g/mol. The Morgan fingerprint density at radius 2 is 2.12 bits per heavy atom. The molecule has 2 rings (SSSR count). The van der Waals surface area contributed by atoms with E-state index in [0.717, 1.165) is 12.2 Å². The van der Waals surface area contributed by atoms with Crippen molar-refractivity contribution in [1.82, 2.24) is 0 Å². The van der Waals surface area contributed by atoms with Crippen LogP contribution in [0, 0.1) is 0 Å². The third-order valence-electron chi connectivity index (χ3n) is 3.28. The van der Waals surface area contributed by atoms with E-state index in [1.165, 1.54) is 24.8 Å². The standard InChI is InChI=1S/C13H19NO.ClH/c1-15-13-7-3-5-11(9-13)10-4-2-6-12(14)8-10;/h3,5,7,9-10,12H,2,4,6,8,14H2,1H3;1H/t10-,12+;/m1./s1. The third kappa shape index (κ3) is 3.13. The summed E-state index contributed by atoms with van der Waals surface area (Å²) in [5, 5.41) is 0. The second-order valence-electron chi connectivity index (χ2n) is 4.40. The molecule has 1 aliphatic carbocycles. The van der Waals surface area contributed by atoms with Gasteiger partial charge in [0.25, 0.3) is 0 Å². The maximum Gasteiger partial charge on any atom is 0.119 e. The fourth-order valence-corrected chi connectivity index (χ4v) is 2.43. The Morgan fingerprint density at radius 1 is 1.31 bits per heavy atom. The Kier molecular flexibility index (Phi) is 5.10. The minimum absolute atomic E-state index is 0. The summed E-state index contributed by atoms with van der Waals surface area (Å²) in [6.45, 7) is 0. The Bertz CT molecular complexity index is 329. The van der Waals surface area contributed by atoms with Crippen molar-refractivity contribution >= 4 is 12.4 Å². The lowest BCUT2D eigenvalue weighted by Gasteiger charge is -2.27. The minimum atomic E-state index is 0. The van der Waals surface area contributed by atoms with Crippen LogP contribution in [-0.4, -0.2) is 13.2 Å². The van der Waals surface area contributed by atoms with E-state index in [2.05, 4.69) is 18.2 Å². The van der Waals surface area contributed by atoms with Crippen LogP contribution in [-0.2, 0) is 0 Å². The molecule has 0 heterocycles. The van der Waals surface area contributed by atoms with Gasteiger partial charge in [0.15, 0.2) is 0 Å². The Morgan fingerprint density at radius 3 is 2.81 bits per heavy atom. The summed E-state index contributed by atoms with van der Waals surface area (Å²) in [6, 6.07) is 8.77. The van der Waals surface area contributed by atoms with Gasteiger partial charge in [0.2, 0.25) is 0 Å². The van der Waals surface area contributed by atoms with E-state index in [9.17, 15) is 0 Å². The number of halogens is 1. The van der Waals surface area contributed by atoms with Crippen LogP contribution >= 0.6 is 12.4 Å². The molecule has 3 heteroatoms. The lowest BCUT2D eigenvalue weighted by molar-refractivity contribution is 0.388. The number of benzene rings is 1. The van der Waals surface area contributed by atoms with Gasteiger partial charge in [0.05, 0.1) is 7.11 Å². The van der Waals surface area contributed by atoms with Crippen LogP contribution in [0.4, 0.5) is 0 Å². The molecule has 0 saturated heterocycles. The van der Waals surface area contributed by atoms with E-state index in [1.54, 1.807) is 7.11 Å². The van der Waals surface area contributed by atoms with Gasteiger partial charge in [-0.1, -0.05) is 18.6 Å². The highest BCUT2D eigenvalue weighted by molar-refractivity contribution is 5.85. The molecule has 1 aliphatic rings. The minimum Gasteiger partial charge on any atom is -0.497 e. The van der Waals surface area contributed by atoms with Crippen molar-refractivity contribution in [3.05, 3.63) is 29.8 Å². The average Bonchev–Trinajstić information content (AvgIpc) is 2.29. The van der Waals surface area contributed by atoms with Crippen LogP contribution in [0.5, 0.6) is 5.75 Å². The number of nitrogens with two attached hydrogens (primary N) is 1. The topological polar surface area (TPSA) is 35.2 Å². The summed E-state index contributed by atoms with van der Waals surface area (Å²) in [6.07, 6.45) is 4.82. The van der Waals surface area contributed by atoms with E-state index < -0.39 is 0 Å². The molecule has 1 aromatic rings. The first-order valence-corrected chi connectivity index (χ1v) is 5.69. The van der Waals surface area contributed by atoms with Gasteiger partial charge in [-0.3, -0.25) is 0 Å². The molecular weight excluding hydrogens is 222 g/mol. The second kappa shape index (κ2) is 6.12. The van der Waals surface area contributed by atoms with Crippen LogP contribution in [0.25, 0.3) is 0 Å². The van der Waals surface area contributed by atoms with E-state index in [0.29, 0.717) is 12.0 Å². The van der Waals surface area contributed by atoms with E-state index >= 15 is 0 Å². The van der Waals surface area contributed by atoms with Crippen LogP contribution in [0.1, 0.15) is 37.2 Å². The van der Waals surface area contributed by atoms with Crippen molar-refractivity contribution in [2.45, 2.75) is 37.6 Å². The molecule has 0 bridgehead atoms. The highest BCUT2D eigenvalue weighted by Crippen LogP contribution is 2.33. The van der Waals surface area contributed by atoms with Gasteiger partial charge >= 0.3 is 0 Å². The zero-order valence-electron chi connectivity index (χ0n) is 9.69. The van der Waals surface area contributed by atoms with Gasteiger partial charge in [0, 0.05) is 6.04 Å². The Hall–Kier alpha value is -0.730. The lowest BCUT2D eigenvalue weighted by Crippen LogP contribution is -2.26. The molecule has 90 valence electrons. The number of methoxy groups -OCH3 is 1. The van der Waals surface area contributed by atoms with Crippen molar-refractivity contribution in [3.8, 4) is 5.75 Å². The fourth-order valence-electron chi connectivity index (χ4n) is 2.43. The smallest absolute Gasteiger partial charge is 0.119 e. The quantitative estimate of drug-likeness (QED) is 0.864. The van der Waals surface area contributed by atoms with Crippen molar-refractivity contribution in [1.29, 1.82) is 0 Å². The third-order valence-corrected chi connectivity index (χ3v) is 3.28. The molecule has 1 saturated carbocycles. The molecule has 0 spiro atoms. The number of rotatable bonds is 2. The van der Waals surface area contributed by atoms with Gasteiger partial charge in [-0.25, -0.2) is 0 Å². The van der Waals surface area contributed by atoms with E-state index in [4.69, 9.17) is 10.5 Å². The number of hydrogen-bond donors (Lipinski definition) is 1. The predicted molar refractivity (Wildman–Crippen MR) is 69.4 cm³/mol. The summed E-state index contributed by atoms with van der Waals surface area (Å²) in [5.74, 6) is 1.58. The zero-order chi connectivity index (χ0) is 10.7. The summed E-state index contributed by atoms with van der Waals surface area (Å²) in [5.41, 5.74) is 7.38. The maximum absolute atomic E-state index is 6.00. The molecule has 1 aromatic carbocycles. The van der Waals surface area contributed by atoms with Crippen LogP contribution < -0.4 is 10.5 Å². The molecule has 0 radical (unpaired) electrons. The average molecular weight is 242 g/mol. The zero-order valence-corrected chi connectivity index (χ0v) is 10.5. The lowest BCUT2D eigenvalue weighted by atomic mass is 9.82. The molecule has 0 amide bonds. The first-order valence-electron chi connectivity index (χ1n) is 5.69. The van der Waals surface area contributed by atoms with Crippen molar-refractivity contribution < 1.29 is 4.74 Å². The molecule has 2 N–H and O–H groups in total. The number of ether oxygens (including phenoxy) is 1.